The minimum absolute atomic E-state index is 0.0818. The van der Waals surface area contributed by atoms with Crippen molar-refractivity contribution in [2.45, 2.75) is 6.61 Å². The molecule has 5 nitrogen and oxygen atoms in total. The summed E-state index contributed by atoms with van der Waals surface area (Å²) in [6.45, 7) is 1.74. The Morgan fingerprint density at radius 3 is 2.52 bits per heavy atom. The topological polar surface area (TPSA) is 53.0 Å². The second kappa shape index (κ2) is 7.53. The minimum atomic E-state index is -0.394. The number of methoxy groups -OCH3 is 1. The lowest BCUT2D eigenvalue weighted by atomic mass is 10.1. The largest absolute Gasteiger partial charge is 0.496 e. The van der Waals surface area contributed by atoms with E-state index in [2.05, 4.69) is 0 Å². The van der Waals surface area contributed by atoms with E-state index >= 15 is 0 Å². The summed E-state index contributed by atoms with van der Waals surface area (Å²) in [6.07, 6.45) is 0. The third kappa shape index (κ3) is 3.44. The number of nitrogens with zero attached hydrogens (tertiary/aromatic N) is 2. The molecule has 2 aromatic carbocycles. The molecule has 1 heterocycles. The monoisotopic (exact) mass is 344 g/mol. The van der Waals surface area contributed by atoms with Crippen molar-refractivity contribution in [2.75, 3.05) is 38.2 Å². The smallest absolute Gasteiger partial charge is 0.257 e. The van der Waals surface area contributed by atoms with E-state index in [1.807, 2.05) is 17.0 Å². The molecule has 1 saturated heterocycles. The number of halogens is 1. The Bertz CT molecular complexity index is 758. The lowest BCUT2D eigenvalue weighted by Gasteiger charge is -2.36. The van der Waals surface area contributed by atoms with Crippen molar-refractivity contribution in [2.24, 2.45) is 0 Å². The van der Waals surface area contributed by atoms with Crippen molar-refractivity contribution in [1.29, 1.82) is 0 Å². The zero-order chi connectivity index (χ0) is 17.8. The summed E-state index contributed by atoms with van der Waals surface area (Å²) in [5.41, 5.74) is 1.29. The van der Waals surface area contributed by atoms with Crippen molar-refractivity contribution in [3.05, 3.63) is 59.4 Å². The van der Waals surface area contributed by atoms with E-state index in [1.54, 1.807) is 42.3 Å². The van der Waals surface area contributed by atoms with Crippen LogP contribution >= 0.6 is 0 Å². The van der Waals surface area contributed by atoms with Crippen LogP contribution in [0.4, 0.5) is 10.1 Å². The van der Waals surface area contributed by atoms with Crippen molar-refractivity contribution in [1.82, 2.24) is 4.90 Å². The average Bonchev–Trinajstić information content (AvgIpc) is 2.67. The molecule has 0 unspecified atom stereocenters. The van der Waals surface area contributed by atoms with Crippen LogP contribution in [0.1, 0.15) is 15.9 Å². The molecule has 0 radical (unpaired) electrons. The first kappa shape index (κ1) is 17.2. The summed E-state index contributed by atoms with van der Waals surface area (Å²) in [7, 11) is 1.54. The first-order valence-corrected chi connectivity index (χ1v) is 8.21. The molecule has 0 aliphatic carbocycles. The fourth-order valence-corrected chi connectivity index (χ4v) is 3.07. The summed E-state index contributed by atoms with van der Waals surface area (Å²) in [4.78, 5) is 16.4. The first-order chi connectivity index (χ1) is 12.2. The summed E-state index contributed by atoms with van der Waals surface area (Å²) in [5.74, 6) is 0.0767. The Balaban J connectivity index is 1.71. The van der Waals surface area contributed by atoms with Crippen LogP contribution in [-0.4, -0.2) is 49.2 Å². The molecule has 1 aliphatic heterocycles. The molecule has 1 N–H and O–H groups in total. The van der Waals surface area contributed by atoms with E-state index in [-0.39, 0.29) is 18.1 Å². The molecule has 0 saturated carbocycles. The van der Waals surface area contributed by atoms with Gasteiger partial charge in [0.25, 0.3) is 5.91 Å². The van der Waals surface area contributed by atoms with Gasteiger partial charge in [-0.25, -0.2) is 4.39 Å². The van der Waals surface area contributed by atoms with Gasteiger partial charge in [0, 0.05) is 31.7 Å². The average molecular weight is 344 g/mol. The van der Waals surface area contributed by atoms with Gasteiger partial charge in [-0.05, 0) is 18.2 Å². The highest BCUT2D eigenvalue weighted by Gasteiger charge is 2.25. The van der Waals surface area contributed by atoms with Gasteiger partial charge < -0.3 is 19.6 Å². The number of carbonyl (C=O) groups is 1. The number of aliphatic hydroxyl groups is 1. The molecule has 25 heavy (non-hydrogen) atoms. The van der Waals surface area contributed by atoms with Gasteiger partial charge in [0.2, 0.25) is 0 Å². The van der Waals surface area contributed by atoms with Crippen LogP contribution in [0.3, 0.4) is 0 Å². The number of ether oxygens (including phenoxy) is 1. The van der Waals surface area contributed by atoms with Crippen LogP contribution in [0.25, 0.3) is 0 Å². The van der Waals surface area contributed by atoms with Crippen LogP contribution in [0, 0.1) is 5.82 Å². The van der Waals surface area contributed by atoms with E-state index in [1.165, 1.54) is 0 Å². The number of aliphatic hydroxyl groups excluding tert-OH is 1. The molecule has 1 amide bonds. The molecule has 0 bridgehead atoms. The highest BCUT2D eigenvalue weighted by molar-refractivity contribution is 5.97. The molecule has 1 fully saturated rings. The number of piperazine rings is 1. The van der Waals surface area contributed by atoms with Crippen molar-refractivity contribution < 1.29 is 19.0 Å². The van der Waals surface area contributed by atoms with Crippen molar-refractivity contribution in [3.63, 3.8) is 0 Å². The van der Waals surface area contributed by atoms with Crippen LogP contribution in [0.2, 0.25) is 0 Å². The molecule has 2 aromatic rings. The molecule has 0 spiro atoms. The molecule has 132 valence electrons. The van der Waals surface area contributed by atoms with Crippen LogP contribution in [0.5, 0.6) is 5.75 Å². The Morgan fingerprint density at radius 1 is 1.12 bits per heavy atom. The quantitative estimate of drug-likeness (QED) is 0.925. The number of rotatable bonds is 4. The summed E-state index contributed by atoms with van der Waals surface area (Å²) in [5, 5.41) is 9.21. The number of amides is 1. The zero-order valence-corrected chi connectivity index (χ0v) is 14.1. The van der Waals surface area contributed by atoms with Crippen LogP contribution in [-0.2, 0) is 6.61 Å². The standard InChI is InChI=1S/C19H21FN2O3/c1-25-17-8-3-2-6-15(17)19(24)22-11-9-21(10-12-22)16-7-4-5-14(13-23)18(16)20/h2-8,23H,9-13H2,1H3. The zero-order valence-electron chi connectivity index (χ0n) is 14.1. The Hall–Kier alpha value is -2.60. The number of benzene rings is 2. The van der Waals surface area contributed by atoms with Gasteiger partial charge in [0.15, 0.2) is 5.82 Å². The Kier molecular flexibility index (Phi) is 5.19. The highest BCUT2D eigenvalue weighted by atomic mass is 19.1. The lowest BCUT2D eigenvalue weighted by Crippen LogP contribution is -2.49. The molecule has 1 aliphatic rings. The summed E-state index contributed by atoms with van der Waals surface area (Å²) >= 11 is 0. The Labute approximate surface area is 146 Å². The van der Waals surface area contributed by atoms with E-state index in [0.29, 0.717) is 43.2 Å². The number of carbonyl (C=O) groups excluding carboxylic acids is 1. The van der Waals surface area contributed by atoms with E-state index in [0.717, 1.165) is 0 Å². The fraction of sp³-hybridized carbons (Fsp3) is 0.316. The van der Waals surface area contributed by atoms with E-state index < -0.39 is 5.82 Å². The van der Waals surface area contributed by atoms with Gasteiger partial charge in [0.05, 0.1) is 25.0 Å². The molecular weight excluding hydrogens is 323 g/mol. The predicted octanol–water partition coefficient (Wildman–Crippen LogP) is 2.29. The van der Waals surface area contributed by atoms with Crippen LogP contribution < -0.4 is 9.64 Å². The normalized spacial score (nSPS) is 14.5. The number of anilines is 1. The van der Waals surface area contributed by atoms with Gasteiger partial charge in [-0.1, -0.05) is 24.3 Å². The van der Waals surface area contributed by atoms with Gasteiger partial charge >= 0.3 is 0 Å². The van der Waals surface area contributed by atoms with Gasteiger partial charge in [-0.2, -0.15) is 0 Å². The van der Waals surface area contributed by atoms with Gasteiger partial charge in [-0.15, -0.1) is 0 Å². The summed E-state index contributed by atoms with van der Waals surface area (Å²) < 4.78 is 19.6. The number of hydrogen-bond donors (Lipinski definition) is 1. The van der Waals surface area contributed by atoms with Crippen molar-refractivity contribution in [3.8, 4) is 5.75 Å². The van der Waals surface area contributed by atoms with Gasteiger partial charge in [-0.3, -0.25) is 4.79 Å². The third-order valence-corrected chi connectivity index (χ3v) is 4.47. The predicted molar refractivity (Wildman–Crippen MR) is 93.4 cm³/mol. The first-order valence-electron chi connectivity index (χ1n) is 8.21. The SMILES string of the molecule is COc1ccccc1C(=O)N1CCN(c2cccc(CO)c2F)CC1. The highest BCUT2D eigenvalue weighted by Crippen LogP contribution is 2.25. The molecule has 0 aromatic heterocycles. The second-order valence-electron chi connectivity index (χ2n) is 5.89. The maximum absolute atomic E-state index is 14.4. The lowest BCUT2D eigenvalue weighted by molar-refractivity contribution is 0.0743. The van der Waals surface area contributed by atoms with E-state index in [9.17, 15) is 14.3 Å². The molecule has 3 rings (SSSR count). The number of para-hydroxylation sites is 1. The maximum Gasteiger partial charge on any atom is 0.257 e. The molecule has 6 heteroatoms. The Morgan fingerprint density at radius 2 is 1.84 bits per heavy atom. The molecular formula is C19H21FN2O3. The van der Waals surface area contributed by atoms with Crippen molar-refractivity contribution >= 4 is 11.6 Å². The minimum Gasteiger partial charge on any atom is -0.496 e. The fourth-order valence-electron chi connectivity index (χ4n) is 3.07. The molecule has 0 atom stereocenters. The van der Waals surface area contributed by atoms with E-state index in [4.69, 9.17) is 4.74 Å². The van der Waals surface area contributed by atoms with Gasteiger partial charge in [0.1, 0.15) is 5.75 Å². The maximum atomic E-state index is 14.4. The summed E-state index contributed by atoms with van der Waals surface area (Å²) in [6, 6.07) is 12.1. The number of hydrogen-bond acceptors (Lipinski definition) is 4. The third-order valence-electron chi connectivity index (χ3n) is 4.47. The van der Waals surface area contributed by atoms with Crippen LogP contribution in [0.15, 0.2) is 42.5 Å². The second-order valence-corrected chi connectivity index (χ2v) is 5.89.